The third kappa shape index (κ3) is 3.97. The number of ether oxygens (including phenoxy) is 2. The van der Waals surface area contributed by atoms with Gasteiger partial charge < -0.3 is 14.3 Å². The number of rotatable bonds is 6. The predicted octanol–water partition coefficient (Wildman–Crippen LogP) is 0.463. The van der Waals surface area contributed by atoms with Crippen LogP contribution in [0.4, 0.5) is 4.39 Å². The number of esters is 1. The highest BCUT2D eigenvalue weighted by atomic mass is 19.1. The average molecular weight is 342 g/mol. The number of halogens is 1. The summed E-state index contributed by atoms with van der Waals surface area (Å²) < 4.78 is 26.2. The first-order valence-electron chi connectivity index (χ1n) is 7.63. The van der Waals surface area contributed by atoms with Gasteiger partial charge in [-0.3, -0.25) is 19.1 Å². The average Bonchev–Trinajstić information content (AvgIpc) is 2.82. The fraction of sp³-hybridized carbons (Fsp3) is 0.600. The van der Waals surface area contributed by atoms with Gasteiger partial charge >= 0.3 is 11.7 Å². The molecule has 1 aliphatic rings. The summed E-state index contributed by atoms with van der Waals surface area (Å²) in [6.07, 6.45) is -3.63. The number of ketones is 1. The second kappa shape index (κ2) is 7.52. The van der Waals surface area contributed by atoms with Gasteiger partial charge in [-0.05, 0) is 13.3 Å². The van der Waals surface area contributed by atoms with Gasteiger partial charge in [-0.25, -0.2) is 9.18 Å². The third-order valence-electron chi connectivity index (χ3n) is 3.74. The minimum atomic E-state index is -1.78. The lowest BCUT2D eigenvalue weighted by atomic mass is 10.1. The first-order valence-corrected chi connectivity index (χ1v) is 7.63. The highest BCUT2D eigenvalue weighted by molar-refractivity contribution is 5.81. The Kier molecular flexibility index (Phi) is 5.66. The van der Waals surface area contributed by atoms with Gasteiger partial charge in [-0.1, -0.05) is 6.92 Å². The van der Waals surface area contributed by atoms with Gasteiger partial charge in [-0.15, -0.1) is 0 Å². The van der Waals surface area contributed by atoms with E-state index in [2.05, 4.69) is 0 Å². The Balaban J connectivity index is 2.15. The van der Waals surface area contributed by atoms with Crippen molar-refractivity contribution in [3.63, 3.8) is 0 Å². The van der Waals surface area contributed by atoms with Crippen LogP contribution < -0.4 is 11.2 Å². The van der Waals surface area contributed by atoms with Crippen LogP contribution >= 0.6 is 0 Å². The Morgan fingerprint density at radius 2 is 2.08 bits per heavy atom. The molecule has 8 nitrogen and oxygen atoms in total. The zero-order valence-electron chi connectivity index (χ0n) is 13.4. The largest absolute Gasteiger partial charge is 0.456 e. The standard InChI is InChI=1S/C15H19FN2O6/c1-3-9-13(24-11(21)5-4-8(2)19)12(16)14(23-9)18-7-6-10(20)17-15(18)22/h6-7,9,12-14H,3-5H2,1-2H3,(H,17,20,22)/t9-,12?,13+,14-/m1/s1. The minimum absolute atomic E-state index is 0.0168. The van der Waals surface area contributed by atoms with Crippen molar-refractivity contribution >= 4 is 11.8 Å². The van der Waals surface area contributed by atoms with E-state index < -0.39 is 41.8 Å². The molecule has 1 unspecified atom stereocenters. The number of carbonyl (C=O) groups is 2. The summed E-state index contributed by atoms with van der Waals surface area (Å²) in [4.78, 5) is 47.6. The lowest BCUT2D eigenvalue weighted by molar-refractivity contribution is -0.154. The molecule has 1 N–H and O–H groups in total. The fourth-order valence-electron chi connectivity index (χ4n) is 2.50. The van der Waals surface area contributed by atoms with Gasteiger partial charge in [0.25, 0.3) is 5.56 Å². The minimum Gasteiger partial charge on any atom is -0.456 e. The van der Waals surface area contributed by atoms with E-state index in [-0.39, 0.29) is 18.6 Å². The molecule has 24 heavy (non-hydrogen) atoms. The van der Waals surface area contributed by atoms with Crippen molar-refractivity contribution in [3.8, 4) is 0 Å². The topological polar surface area (TPSA) is 107 Å². The molecule has 2 heterocycles. The second-order valence-electron chi connectivity index (χ2n) is 5.59. The first-order chi connectivity index (χ1) is 11.3. The van der Waals surface area contributed by atoms with Gasteiger partial charge in [0.15, 0.2) is 18.5 Å². The summed E-state index contributed by atoms with van der Waals surface area (Å²) in [6, 6.07) is 1.07. The molecule has 1 aliphatic heterocycles. The van der Waals surface area contributed by atoms with E-state index in [1.54, 1.807) is 6.92 Å². The van der Waals surface area contributed by atoms with E-state index in [9.17, 15) is 23.6 Å². The van der Waals surface area contributed by atoms with Crippen LogP contribution in [0.3, 0.4) is 0 Å². The van der Waals surface area contributed by atoms with E-state index in [0.29, 0.717) is 6.42 Å². The first kappa shape index (κ1) is 18.1. The van der Waals surface area contributed by atoms with Crippen LogP contribution in [0.25, 0.3) is 0 Å². The van der Waals surface area contributed by atoms with Crippen molar-refractivity contribution in [2.45, 2.75) is 57.7 Å². The van der Waals surface area contributed by atoms with E-state index >= 15 is 0 Å². The number of carbonyl (C=O) groups excluding carboxylic acids is 2. The summed E-state index contributed by atoms with van der Waals surface area (Å²) in [7, 11) is 0. The molecule has 1 fully saturated rings. The zero-order chi connectivity index (χ0) is 17.9. The fourth-order valence-corrected chi connectivity index (χ4v) is 2.50. The number of H-pyrrole nitrogens is 1. The number of hydrogen-bond acceptors (Lipinski definition) is 6. The van der Waals surface area contributed by atoms with E-state index in [1.807, 2.05) is 4.98 Å². The van der Waals surface area contributed by atoms with Gasteiger partial charge in [-0.2, -0.15) is 0 Å². The summed E-state index contributed by atoms with van der Waals surface area (Å²) >= 11 is 0. The van der Waals surface area contributed by atoms with Crippen LogP contribution in [0.1, 0.15) is 39.3 Å². The molecule has 0 amide bonds. The molecule has 0 bridgehead atoms. The molecule has 9 heteroatoms. The Morgan fingerprint density at radius 1 is 1.38 bits per heavy atom. The molecule has 4 atom stereocenters. The molecule has 0 spiro atoms. The molecule has 132 valence electrons. The number of aromatic nitrogens is 2. The number of nitrogens with one attached hydrogen (secondary N) is 1. The Labute approximate surface area is 136 Å². The molecule has 0 radical (unpaired) electrons. The van der Waals surface area contributed by atoms with Crippen LogP contribution in [0.2, 0.25) is 0 Å². The maximum atomic E-state index is 14.7. The highest BCUT2D eigenvalue weighted by Gasteiger charge is 2.48. The Morgan fingerprint density at radius 3 is 2.67 bits per heavy atom. The van der Waals surface area contributed by atoms with Crippen LogP contribution in [0, 0.1) is 0 Å². The van der Waals surface area contributed by atoms with Crippen molar-refractivity contribution < 1.29 is 23.5 Å². The lowest BCUT2D eigenvalue weighted by Gasteiger charge is -2.18. The summed E-state index contributed by atoms with van der Waals surface area (Å²) in [5, 5.41) is 0. The number of aromatic amines is 1. The number of Topliss-reactive ketones (excluding diaryl/α,β-unsaturated/α-hetero) is 1. The van der Waals surface area contributed by atoms with E-state index in [4.69, 9.17) is 9.47 Å². The number of nitrogens with zero attached hydrogens (tertiary/aromatic N) is 1. The molecule has 1 aromatic heterocycles. The summed E-state index contributed by atoms with van der Waals surface area (Å²) in [5.41, 5.74) is -1.42. The molecule has 2 rings (SSSR count). The normalized spacial score (nSPS) is 26.3. The highest BCUT2D eigenvalue weighted by Crippen LogP contribution is 2.34. The van der Waals surface area contributed by atoms with Gasteiger partial charge in [0.1, 0.15) is 11.9 Å². The summed E-state index contributed by atoms with van der Waals surface area (Å²) in [5.74, 6) is -0.870. The van der Waals surface area contributed by atoms with Crippen molar-refractivity contribution in [1.29, 1.82) is 0 Å². The molecule has 0 saturated carbocycles. The van der Waals surface area contributed by atoms with Crippen molar-refractivity contribution in [3.05, 3.63) is 33.1 Å². The molecule has 0 aromatic carbocycles. The van der Waals surface area contributed by atoms with Crippen LogP contribution in [-0.2, 0) is 19.1 Å². The molecular formula is C15H19FN2O6. The number of alkyl halides is 1. The quantitative estimate of drug-likeness (QED) is 0.753. The van der Waals surface area contributed by atoms with Gasteiger partial charge in [0.05, 0.1) is 6.42 Å². The molecule has 1 aromatic rings. The van der Waals surface area contributed by atoms with Gasteiger partial charge in [0.2, 0.25) is 0 Å². The monoisotopic (exact) mass is 342 g/mol. The predicted molar refractivity (Wildman–Crippen MR) is 80.2 cm³/mol. The van der Waals surface area contributed by atoms with Crippen molar-refractivity contribution in [1.82, 2.24) is 9.55 Å². The van der Waals surface area contributed by atoms with Crippen LogP contribution in [0.15, 0.2) is 21.9 Å². The lowest BCUT2D eigenvalue weighted by Crippen LogP contribution is -2.37. The zero-order valence-corrected chi connectivity index (χ0v) is 13.4. The van der Waals surface area contributed by atoms with Crippen LogP contribution in [-0.4, -0.2) is 39.7 Å². The SMILES string of the molecule is CC[C@H]1O[C@@H](n2ccc(=O)[nH]c2=O)C(F)[C@H]1OC(=O)CCC(C)=O. The smallest absolute Gasteiger partial charge is 0.330 e. The molecule has 0 aliphatic carbocycles. The van der Waals surface area contributed by atoms with Crippen molar-refractivity contribution in [2.75, 3.05) is 0 Å². The van der Waals surface area contributed by atoms with Crippen molar-refractivity contribution in [2.24, 2.45) is 0 Å². The van der Waals surface area contributed by atoms with Gasteiger partial charge in [0, 0.05) is 18.7 Å². The molecule has 1 saturated heterocycles. The Hall–Kier alpha value is -2.29. The second-order valence-corrected chi connectivity index (χ2v) is 5.59. The maximum Gasteiger partial charge on any atom is 0.330 e. The maximum absolute atomic E-state index is 14.7. The van der Waals surface area contributed by atoms with E-state index in [0.717, 1.165) is 16.8 Å². The summed E-state index contributed by atoms with van der Waals surface area (Å²) in [6.45, 7) is 3.07. The third-order valence-corrected chi connectivity index (χ3v) is 3.74. The van der Waals surface area contributed by atoms with Crippen LogP contribution in [0.5, 0.6) is 0 Å². The number of hydrogen-bond donors (Lipinski definition) is 1. The Bertz CT molecular complexity index is 727. The van der Waals surface area contributed by atoms with E-state index in [1.165, 1.54) is 6.92 Å². The molecular weight excluding hydrogens is 323 g/mol.